The smallest absolute Gasteiger partial charge is 0.329 e. The molecule has 1 heterocycles. The Morgan fingerprint density at radius 3 is 2.89 bits per heavy atom. The van der Waals surface area contributed by atoms with Gasteiger partial charge in [0.15, 0.2) is 0 Å². The van der Waals surface area contributed by atoms with Crippen molar-refractivity contribution in [1.82, 2.24) is 15.3 Å². The van der Waals surface area contributed by atoms with E-state index in [0.717, 1.165) is 19.0 Å². The Bertz CT molecular complexity index is 520. The van der Waals surface area contributed by atoms with Gasteiger partial charge in [0, 0.05) is 6.04 Å². The van der Waals surface area contributed by atoms with E-state index in [0.29, 0.717) is 0 Å². The molecule has 1 aliphatic rings. The number of amides is 1. The Kier molecular flexibility index (Phi) is 3.79. The van der Waals surface area contributed by atoms with E-state index in [-0.39, 0.29) is 28.7 Å². The van der Waals surface area contributed by atoms with Crippen molar-refractivity contribution in [3.8, 4) is 0 Å². The first-order valence-electron chi connectivity index (χ1n) is 5.71. The molecule has 0 bridgehead atoms. The summed E-state index contributed by atoms with van der Waals surface area (Å²) < 4.78 is 0. The SMILES string of the molecule is CC(Nc1nc(Cl)ncc1[N+](=O)[O-])C(=O)NC1CC1. The molecule has 1 unspecified atom stereocenters. The standard InChI is InChI=1S/C10H12ClN5O3/c1-5(9(17)14-6-2-3-6)13-8-7(16(18)19)4-12-10(11)15-8/h4-6H,2-3H2,1H3,(H,14,17)(H,12,13,15). The third kappa shape index (κ3) is 3.50. The van der Waals surface area contributed by atoms with Gasteiger partial charge >= 0.3 is 5.69 Å². The highest BCUT2D eigenvalue weighted by atomic mass is 35.5. The number of anilines is 1. The van der Waals surface area contributed by atoms with E-state index in [1.807, 2.05) is 0 Å². The van der Waals surface area contributed by atoms with Crippen LogP contribution < -0.4 is 10.6 Å². The maximum absolute atomic E-state index is 11.7. The van der Waals surface area contributed by atoms with Crippen molar-refractivity contribution in [3.63, 3.8) is 0 Å². The van der Waals surface area contributed by atoms with Gasteiger partial charge < -0.3 is 10.6 Å². The van der Waals surface area contributed by atoms with Crippen LogP contribution in [0.15, 0.2) is 6.20 Å². The number of nitrogens with zero attached hydrogens (tertiary/aromatic N) is 3. The van der Waals surface area contributed by atoms with Gasteiger partial charge in [0.25, 0.3) is 0 Å². The van der Waals surface area contributed by atoms with E-state index in [4.69, 9.17) is 11.6 Å². The maximum atomic E-state index is 11.7. The molecule has 0 aliphatic heterocycles. The zero-order valence-electron chi connectivity index (χ0n) is 10.1. The molecule has 1 aliphatic carbocycles. The van der Waals surface area contributed by atoms with Crippen LogP contribution in [0.2, 0.25) is 5.28 Å². The van der Waals surface area contributed by atoms with E-state index in [1.54, 1.807) is 6.92 Å². The van der Waals surface area contributed by atoms with Crippen LogP contribution in [0, 0.1) is 10.1 Å². The van der Waals surface area contributed by atoms with Crippen molar-refractivity contribution in [2.24, 2.45) is 0 Å². The molecule has 0 saturated heterocycles. The van der Waals surface area contributed by atoms with Crippen LogP contribution in [-0.4, -0.2) is 32.9 Å². The molecule has 1 aromatic rings. The summed E-state index contributed by atoms with van der Waals surface area (Å²) in [5, 5.41) is 16.2. The van der Waals surface area contributed by atoms with Gasteiger partial charge in [-0.15, -0.1) is 0 Å². The molecule has 2 N–H and O–H groups in total. The molecule has 9 heteroatoms. The highest BCUT2D eigenvalue weighted by Gasteiger charge is 2.27. The number of halogens is 1. The second kappa shape index (κ2) is 5.35. The molecule has 0 radical (unpaired) electrons. The molecule has 1 atom stereocenters. The molecular formula is C10H12ClN5O3. The monoisotopic (exact) mass is 285 g/mol. The van der Waals surface area contributed by atoms with Crippen LogP contribution >= 0.6 is 11.6 Å². The number of rotatable bonds is 5. The number of hydrogen-bond donors (Lipinski definition) is 2. The highest BCUT2D eigenvalue weighted by Crippen LogP contribution is 2.23. The molecule has 102 valence electrons. The van der Waals surface area contributed by atoms with Gasteiger partial charge in [0.05, 0.1) is 4.92 Å². The Hall–Kier alpha value is -1.96. The lowest BCUT2D eigenvalue weighted by Crippen LogP contribution is -2.39. The van der Waals surface area contributed by atoms with Crippen molar-refractivity contribution in [3.05, 3.63) is 21.6 Å². The lowest BCUT2D eigenvalue weighted by Gasteiger charge is -2.14. The zero-order chi connectivity index (χ0) is 14.0. The van der Waals surface area contributed by atoms with Gasteiger partial charge in [-0.3, -0.25) is 14.9 Å². The Balaban J connectivity index is 2.10. The minimum absolute atomic E-state index is 0.0663. The van der Waals surface area contributed by atoms with E-state index in [9.17, 15) is 14.9 Å². The summed E-state index contributed by atoms with van der Waals surface area (Å²) in [5.41, 5.74) is -0.324. The number of aromatic nitrogens is 2. The molecule has 1 aromatic heterocycles. The molecule has 19 heavy (non-hydrogen) atoms. The molecule has 0 aromatic carbocycles. The van der Waals surface area contributed by atoms with Gasteiger partial charge in [-0.1, -0.05) is 0 Å². The molecular weight excluding hydrogens is 274 g/mol. The van der Waals surface area contributed by atoms with Crippen LogP contribution in [0.4, 0.5) is 11.5 Å². The number of nitro groups is 1. The first-order valence-corrected chi connectivity index (χ1v) is 6.09. The minimum Gasteiger partial charge on any atom is -0.353 e. The van der Waals surface area contributed by atoms with Crippen molar-refractivity contribution < 1.29 is 9.72 Å². The molecule has 1 saturated carbocycles. The largest absolute Gasteiger partial charge is 0.353 e. The number of nitrogens with one attached hydrogen (secondary N) is 2. The molecule has 1 fully saturated rings. The van der Waals surface area contributed by atoms with E-state index < -0.39 is 11.0 Å². The molecule has 1 amide bonds. The van der Waals surface area contributed by atoms with Crippen LogP contribution in [0.25, 0.3) is 0 Å². The van der Waals surface area contributed by atoms with Crippen molar-refractivity contribution in [1.29, 1.82) is 0 Å². The van der Waals surface area contributed by atoms with Gasteiger partial charge in [0.2, 0.25) is 17.0 Å². The molecule has 8 nitrogen and oxygen atoms in total. The Labute approximate surface area is 113 Å². The van der Waals surface area contributed by atoms with E-state index >= 15 is 0 Å². The highest BCUT2D eigenvalue weighted by molar-refractivity contribution is 6.28. The summed E-state index contributed by atoms with van der Waals surface area (Å²) >= 11 is 5.59. The van der Waals surface area contributed by atoms with Crippen molar-refractivity contribution >= 4 is 29.0 Å². The Morgan fingerprint density at radius 1 is 1.63 bits per heavy atom. The predicted molar refractivity (Wildman–Crippen MR) is 67.9 cm³/mol. The normalized spacial score (nSPS) is 15.7. The second-order valence-electron chi connectivity index (χ2n) is 4.28. The summed E-state index contributed by atoms with van der Waals surface area (Å²) in [6.45, 7) is 1.59. The fourth-order valence-electron chi connectivity index (χ4n) is 1.42. The first-order chi connectivity index (χ1) is 8.97. The molecule has 0 spiro atoms. The lowest BCUT2D eigenvalue weighted by atomic mass is 10.3. The fourth-order valence-corrected chi connectivity index (χ4v) is 1.55. The second-order valence-corrected chi connectivity index (χ2v) is 4.62. The average molecular weight is 286 g/mol. The van der Waals surface area contributed by atoms with Crippen LogP contribution in [0.3, 0.4) is 0 Å². The van der Waals surface area contributed by atoms with Gasteiger partial charge in [-0.25, -0.2) is 4.98 Å². The summed E-state index contributed by atoms with van der Waals surface area (Å²) in [6.07, 6.45) is 2.94. The van der Waals surface area contributed by atoms with Crippen molar-refractivity contribution in [2.45, 2.75) is 31.8 Å². The van der Waals surface area contributed by atoms with Crippen LogP contribution in [0.5, 0.6) is 0 Å². The summed E-state index contributed by atoms with van der Waals surface area (Å²) in [6, 6.07) is -0.425. The average Bonchev–Trinajstić information content (AvgIpc) is 3.12. The predicted octanol–water partition coefficient (Wildman–Crippen LogP) is 1.12. The van der Waals surface area contributed by atoms with Gasteiger partial charge in [0.1, 0.15) is 12.2 Å². The topological polar surface area (TPSA) is 110 Å². The zero-order valence-corrected chi connectivity index (χ0v) is 10.8. The fraction of sp³-hybridized carbons (Fsp3) is 0.500. The molecule has 2 rings (SSSR count). The maximum Gasteiger partial charge on any atom is 0.329 e. The van der Waals surface area contributed by atoms with Crippen molar-refractivity contribution in [2.75, 3.05) is 5.32 Å². The summed E-state index contributed by atoms with van der Waals surface area (Å²) in [4.78, 5) is 29.2. The van der Waals surface area contributed by atoms with E-state index in [1.165, 1.54) is 0 Å². The van der Waals surface area contributed by atoms with Gasteiger partial charge in [-0.2, -0.15) is 4.98 Å². The quantitative estimate of drug-likeness (QED) is 0.476. The number of carbonyl (C=O) groups excluding carboxylic acids is 1. The number of carbonyl (C=O) groups is 1. The summed E-state index contributed by atoms with van der Waals surface area (Å²) in [7, 11) is 0. The van der Waals surface area contributed by atoms with Gasteiger partial charge in [-0.05, 0) is 31.4 Å². The summed E-state index contributed by atoms with van der Waals surface area (Å²) in [5.74, 6) is -0.296. The Morgan fingerprint density at radius 2 is 2.32 bits per heavy atom. The lowest BCUT2D eigenvalue weighted by molar-refractivity contribution is -0.384. The number of hydrogen-bond acceptors (Lipinski definition) is 6. The third-order valence-electron chi connectivity index (χ3n) is 2.61. The van der Waals surface area contributed by atoms with E-state index in [2.05, 4.69) is 20.6 Å². The first kappa shape index (κ1) is 13.5. The third-order valence-corrected chi connectivity index (χ3v) is 2.79. The minimum atomic E-state index is -0.648. The van der Waals surface area contributed by atoms with Crippen LogP contribution in [-0.2, 0) is 4.79 Å². The van der Waals surface area contributed by atoms with Crippen LogP contribution in [0.1, 0.15) is 19.8 Å².